The normalized spacial score (nSPS) is 18.6. The summed E-state index contributed by atoms with van der Waals surface area (Å²) in [7, 11) is -5.90. The van der Waals surface area contributed by atoms with E-state index < -0.39 is 33.3 Å². The monoisotopic (exact) mass is 481 g/mol. The molecule has 0 bridgehead atoms. The number of oxime groups is 1. The molecule has 0 aromatic carbocycles. The smallest absolute Gasteiger partial charge is 0.184 e. The van der Waals surface area contributed by atoms with Gasteiger partial charge in [-0.15, -0.1) is 0 Å². The van der Waals surface area contributed by atoms with Crippen LogP contribution in [0.2, 0.25) is 78.6 Å². The quantitative estimate of drug-likeness (QED) is 0.197. The first-order valence-electron chi connectivity index (χ1n) is 10.5. The van der Waals surface area contributed by atoms with Gasteiger partial charge in [-0.25, -0.2) is 0 Å². The third-order valence-electron chi connectivity index (χ3n) is 3.43. The average Bonchev–Trinajstić information content (AvgIpc) is 2.42. The van der Waals surface area contributed by atoms with Crippen LogP contribution < -0.4 is 0 Å². The molecule has 0 amide bonds. The Balaban J connectivity index is 6.26. The van der Waals surface area contributed by atoms with Crippen LogP contribution in [-0.2, 0) is 22.5 Å². The number of hydrogen-bond donors (Lipinski definition) is 0. The highest BCUT2D eigenvalue weighted by molar-refractivity contribution is 6.71. The predicted molar refractivity (Wildman–Crippen MR) is 134 cm³/mol. The zero-order chi connectivity index (χ0) is 23.3. The van der Waals surface area contributed by atoms with Gasteiger partial charge in [0.2, 0.25) is 0 Å². The molecular weight excluding hydrogens is 435 g/mol. The lowest BCUT2D eigenvalue weighted by molar-refractivity contribution is -0.0560. The Kier molecular flexibility index (Phi) is 11.2. The van der Waals surface area contributed by atoms with E-state index in [2.05, 4.69) is 90.6 Å². The lowest BCUT2D eigenvalue weighted by atomic mass is 10.1. The summed E-state index contributed by atoms with van der Waals surface area (Å²) < 4.78 is 26.4. The third kappa shape index (κ3) is 14.8. The lowest BCUT2D eigenvalue weighted by Gasteiger charge is -2.43. The molecule has 0 rings (SSSR count). The minimum Gasteiger partial charge on any atom is -0.412 e. The molecule has 4 unspecified atom stereocenters. The number of hydrogen-bond acceptors (Lipinski definition) is 6. The zero-order valence-electron chi connectivity index (χ0n) is 21.4. The first kappa shape index (κ1) is 29.2. The summed E-state index contributed by atoms with van der Waals surface area (Å²) in [6.07, 6.45) is 0.696. The number of nitrogens with zero attached hydrogens (tertiary/aromatic N) is 1. The largest absolute Gasteiger partial charge is 0.412 e. The van der Waals surface area contributed by atoms with Gasteiger partial charge in [0.25, 0.3) is 0 Å². The topological polar surface area (TPSA) is 58.5 Å². The molecule has 4 atom stereocenters. The van der Waals surface area contributed by atoms with Crippen molar-refractivity contribution in [3.63, 3.8) is 0 Å². The van der Waals surface area contributed by atoms with E-state index in [0.717, 1.165) is 0 Å². The number of rotatable bonds is 13. The molecule has 0 saturated carbocycles. The Morgan fingerprint density at radius 3 is 1.31 bits per heavy atom. The van der Waals surface area contributed by atoms with Crippen LogP contribution >= 0.6 is 0 Å². The molecule has 10 heteroatoms. The fourth-order valence-corrected chi connectivity index (χ4v) is 7.39. The Morgan fingerprint density at radius 2 is 0.966 bits per heavy atom. The third-order valence-corrected chi connectivity index (χ3v) is 7.45. The van der Waals surface area contributed by atoms with Gasteiger partial charge in [-0.3, -0.25) is 0 Å². The van der Waals surface area contributed by atoms with E-state index in [0.29, 0.717) is 0 Å². The van der Waals surface area contributed by atoms with Gasteiger partial charge in [0.15, 0.2) is 33.3 Å². The van der Waals surface area contributed by atoms with E-state index in [1.54, 1.807) is 13.3 Å². The Bertz CT molecular complexity index is 507. The van der Waals surface area contributed by atoms with E-state index in [1.807, 2.05) is 0 Å². The maximum atomic E-state index is 6.71. The van der Waals surface area contributed by atoms with Gasteiger partial charge in [-0.05, 0) is 85.5 Å². The van der Waals surface area contributed by atoms with Gasteiger partial charge in [0.05, 0.1) is 18.4 Å². The van der Waals surface area contributed by atoms with Crippen LogP contribution in [0, 0.1) is 0 Å². The molecule has 0 fully saturated rings. The molecular formula is C19H47NO5Si4. The van der Waals surface area contributed by atoms with Crippen molar-refractivity contribution >= 4 is 39.5 Å². The first-order chi connectivity index (χ1) is 12.7. The molecule has 0 spiro atoms. The summed E-state index contributed by atoms with van der Waals surface area (Å²) in [5, 5.41) is 4.05. The van der Waals surface area contributed by atoms with Gasteiger partial charge >= 0.3 is 0 Å². The molecule has 0 saturated heterocycles. The Morgan fingerprint density at radius 1 is 0.586 bits per heavy atom. The maximum absolute atomic E-state index is 6.71. The molecule has 29 heavy (non-hydrogen) atoms. The minimum atomic E-state index is -1.92. The summed E-state index contributed by atoms with van der Waals surface area (Å²) in [5.41, 5.74) is 0. The van der Waals surface area contributed by atoms with Crippen molar-refractivity contribution in [2.45, 2.75) is 110 Å². The van der Waals surface area contributed by atoms with Crippen LogP contribution in [0.4, 0.5) is 0 Å². The molecule has 0 aliphatic carbocycles. The summed E-state index contributed by atoms with van der Waals surface area (Å²) in [4.78, 5) is 4.99. The van der Waals surface area contributed by atoms with E-state index in [1.165, 1.54) is 0 Å². The van der Waals surface area contributed by atoms with E-state index in [4.69, 9.17) is 22.5 Å². The van der Waals surface area contributed by atoms with Crippen molar-refractivity contribution < 1.29 is 22.5 Å². The average molecular weight is 482 g/mol. The van der Waals surface area contributed by atoms with Crippen molar-refractivity contribution in [1.29, 1.82) is 0 Å². The van der Waals surface area contributed by atoms with Gasteiger partial charge in [-0.2, -0.15) is 0 Å². The van der Waals surface area contributed by atoms with Crippen LogP contribution in [0.3, 0.4) is 0 Å². The summed E-state index contributed by atoms with van der Waals surface area (Å²) in [6.45, 7) is 28.4. The van der Waals surface area contributed by atoms with Gasteiger partial charge < -0.3 is 22.5 Å². The molecule has 0 heterocycles. The summed E-state index contributed by atoms with van der Waals surface area (Å²) in [5.74, 6) is 0. The van der Waals surface area contributed by atoms with E-state index >= 15 is 0 Å². The van der Waals surface area contributed by atoms with Gasteiger partial charge in [-0.1, -0.05) is 5.16 Å². The molecule has 0 radical (unpaired) electrons. The lowest BCUT2D eigenvalue weighted by Crippen LogP contribution is -2.58. The molecule has 0 N–H and O–H groups in total. The van der Waals surface area contributed by atoms with E-state index in [9.17, 15) is 0 Å². The fourth-order valence-electron chi connectivity index (χ4n) is 2.90. The Labute approximate surface area is 184 Å². The van der Waals surface area contributed by atoms with Crippen molar-refractivity contribution in [3.8, 4) is 0 Å². The van der Waals surface area contributed by atoms with Gasteiger partial charge in [0.1, 0.15) is 19.3 Å². The van der Waals surface area contributed by atoms with E-state index in [-0.39, 0.29) is 24.4 Å². The fraction of sp³-hybridized carbons (Fsp3) is 0.947. The second-order valence-corrected chi connectivity index (χ2v) is 29.3. The Hall–Kier alpha value is 0.178. The first-order valence-corrected chi connectivity index (χ1v) is 24.2. The molecule has 6 nitrogen and oxygen atoms in total. The summed E-state index contributed by atoms with van der Waals surface area (Å²) >= 11 is 0. The van der Waals surface area contributed by atoms with Crippen LogP contribution in [-0.4, -0.2) is 71.0 Å². The molecule has 0 aromatic rings. The van der Waals surface area contributed by atoms with Crippen LogP contribution in [0.1, 0.15) is 6.92 Å². The SMILES string of the molecule is CO/N=C\C(O[Si](C)(C)C)C(O[Si](C)(C)C)C(O[Si](C)(C)C)C(C)O[Si](C)(C)C. The van der Waals surface area contributed by atoms with Crippen LogP contribution in [0.25, 0.3) is 0 Å². The molecule has 0 aromatic heterocycles. The predicted octanol–water partition coefficient (Wildman–Crippen LogP) is 5.52. The van der Waals surface area contributed by atoms with Crippen molar-refractivity contribution in [2.24, 2.45) is 5.16 Å². The van der Waals surface area contributed by atoms with Crippen LogP contribution in [0.15, 0.2) is 5.16 Å². The molecule has 0 aliphatic heterocycles. The standard InChI is InChI=1S/C19H47NO5Si4/c1-16(22-26(3,4)5)18(24-28(9,10)11)19(25-29(12,13)14)17(15-20-21-2)23-27(6,7)8/h15-19H,1-14H3/b20-15-. The molecule has 174 valence electrons. The van der Waals surface area contributed by atoms with Crippen molar-refractivity contribution in [3.05, 3.63) is 0 Å². The summed E-state index contributed by atoms with van der Waals surface area (Å²) in [6, 6.07) is 0. The highest BCUT2D eigenvalue weighted by atomic mass is 28.4. The highest BCUT2D eigenvalue weighted by Crippen LogP contribution is 2.27. The minimum absolute atomic E-state index is 0.113. The molecule has 0 aliphatic rings. The highest BCUT2D eigenvalue weighted by Gasteiger charge is 2.42. The zero-order valence-corrected chi connectivity index (χ0v) is 25.4. The maximum Gasteiger partial charge on any atom is 0.184 e. The van der Waals surface area contributed by atoms with Crippen LogP contribution in [0.5, 0.6) is 0 Å². The van der Waals surface area contributed by atoms with Crippen molar-refractivity contribution in [2.75, 3.05) is 7.11 Å². The van der Waals surface area contributed by atoms with Gasteiger partial charge in [0, 0.05) is 0 Å². The second-order valence-electron chi connectivity index (χ2n) is 11.5. The van der Waals surface area contributed by atoms with Crippen molar-refractivity contribution in [1.82, 2.24) is 0 Å². The second kappa shape index (κ2) is 11.2.